The van der Waals surface area contributed by atoms with Gasteiger partial charge in [-0.2, -0.15) is 5.10 Å². The predicted molar refractivity (Wildman–Crippen MR) is 112 cm³/mol. The summed E-state index contributed by atoms with van der Waals surface area (Å²) in [5.74, 6) is -0.593. The molecule has 2 aromatic rings. The van der Waals surface area contributed by atoms with Crippen LogP contribution in [0, 0.1) is 5.92 Å². The minimum absolute atomic E-state index is 0.0430. The summed E-state index contributed by atoms with van der Waals surface area (Å²) in [5, 5.41) is 9.36. The minimum Gasteiger partial charge on any atom is -0.445 e. The van der Waals surface area contributed by atoms with E-state index in [1.165, 1.54) is 0 Å². The molecule has 0 aliphatic rings. The normalized spacial score (nSPS) is 13.3. The molecule has 0 spiro atoms. The van der Waals surface area contributed by atoms with Gasteiger partial charge in [-0.15, -0.1) is 0 Å². The first kappa shape index (κ1) is 23.4. The Kier molecular flexibility index (Phi) is 8.85. The SMILES string of the molecule is CC(CNC(=O)C(CCS(C)(=O)=O)NC(=O)OCc1ccccc1)Cn1cccn1. The summed E-state index contributed by atoms with van der Waals surface area (Å²) in [4.78, 5) is 24.7. The van der Waals surface area contributed by atoms with Crippen LogP contribution in [-0.2, 0) is 32.5 Å². The van der Waals surface area contributed by atoms with Crippen molar-refractivity contribution < 1.29 is 22.7 Å². The van der Waals surface area contributed by atoms with Gasteiger partial charge in [0.15, 0.2) is 0 Å². The number of nitrogens with zero attached hydrogens (tertiary/aromatic N) is 2. The van der Waals surface area contributed by atoms with Crippen LogP contribution in [-0.4, -0.2) is 54.8 Å². The number of carbonyl (C=O) groups is 2. The highest BCUT2D eigenvalue weighted by atomic mass is 32.2. The van der Waals surface area contributed by atoms with E-state index >= 15 is 0 Å². The molecule has 9 nitrogen and oxygen atoms in total. The third-order valence-electron chi connectivity index (χ3n) is 4.28. The zero-order valence-corrected chi connectivity index (χ0v) is 18.0. The van der Waals surface area contributed by atoms with Crippen LogP contribution in [0.3, 0.4) is 0 Å². The monoisotopic (exact) mass is 436 g/mol. The van der Waals surface area contributed by atoms with Crippen molar-refractivity contribution in [3.8, 4) is 0 Å². The molecule has 10 heteroatoms. The van der Waals surface area contributed by atoms with Gasteiger partial charge in [-0.3, -0.25) is 9.48 Å². The van der Waals surface area contributed by atoms with Crippen LogP contribution in [0.5, 0.6) is 0 Å². The summed E-state index contributed by atoms with van der Waals surface area (Å²) < 4.78 is 29.9. The van der Waals surface area contributed by atoms with E-state index in [9.17, 15) is 18.0 Å². The number of ether oxygens (including phenoxy) is 1. The molecule has 1 aromatic heterocycles. The highest BCUT2D eigenvalue weighted by Gasteiger charge is 2.23. The van der Waals surface area contributed by atoms with Gasteiger partial charge in [0.25, 0.3) is 0 Å². The number of carbonyl (C=O) groups excluding carboxylic acids is 2. The van der Waals surface area contributed by atoms with E-state index in [1.807, 2.05) is 49.5 Å². The van der Waals surface area contributed by atoms with Crippen molar-refractivity contribution in [1.29, 1.82) is 0 Å². The Labute approximate surface area is 176 Å². The van der Waals surface area contributed by atoms with Crippen LogP contribution in [0.4, 0.5) is 4.79 Å². The van der Waals surface area contributed by atoms with Gasteiger partial charge in [-0.25, -0.2) is 13.2 Å². The predicted octanol–water partition coefficient (Wildman–Crippen LogP) is 1.37. The van der Waals surface area contributed by atoms with Crippen molar-refractivity contribution in [3.63, 3.8) is 0 Å². The third kappa shape index (κ3) is 9.08. The molecule has 0 fully saturated rings. The maximum atomic E-state index is 12.6. The van der Waals surface area contributed by atoms with E-state index in [4.69, 9.17) is 4.74 Å². The molecule has 2 atom stereocenters. The van der Waals surface area contributed by atoms with Crippen LogP contribution in [0.15, 0.2) is 48.8 Å². The van der Waals surface area contributed by atoms with E-state index in [2.05, 4.69) is 15.7 Å². The lowest BCUT2D eigenvalue weighted by molar-refractivity contribution is -0.123. The van der Waals surface area contributed by atoms with Crippen LogP contribution in [0.2, 0.25) is 0 Å². The Morgan fingerprint density at radius 3 is 2.57 bits per heavy atom. The lowest BCUT2D eigenvalue weighted by atomic mass is 10.1. The second-order valence-corrected chi connectivity index (χ2v) is 9.52. The largest absolute Gasteiger partial charge is 0.445 e. The highest BCUT2D eigenvalue weighted by molar-refractivity contribution is 7.90. The van der Waals surface area contributed by atoms with Gasteiger partial charge in [-0.05, 0) is 24.0 Å². The summed E-state index contributed by atoms with van der Waals surface area (Å²) in [5.41, 5.74) is 0.803. The molecular weight excluding hydrogens is 408 g/mol. The maximum Gasteiger partial charge on any atom is 0.408 e. The van der Waals surface area contributed by atoms with Crippen molar-refractivity contribution in [2.75, 3.05) is 18.6 Å². The summed E-state index contributed by atoms with van der Waals surface area (Å²) in [6.45, 7) is 2.98. The van der Waals surface area contributed by atoms with Crippen molar-refractivity contribution in [2.45, 2.75) is 32.5 Å². The number of aromatic nitrogens is 2. The van der Waals surface area contributed by atoms with Gasteiger partial charge in [0.2, 0.25) is 5.91 Å². The van der Waals surface area contributed by atoms with Gasteiger partial charge < -0.3 is 15.4 Å². The minimum atomic E-state index is -3.29. The van der Waals surface area contributed by atoms with Crippen molar-refractivity contribution in [3.05, 3.63) is 54.4 Å². The quantitative estimate of drug-likeness (QED) is 0.549. The van der Waals surface area contributed by atoms with Gasteiger partial charge in [-0.1, -0.05) is 37.3 Å². The molecule has 0 aliphatic heterocycles. The molecule has 2 amide bonds. The number of hydrogen-bond acceptors (Lipinski definition) is 6. The number of benzene rings is 1. The average Bonchev–Trinajstić information content (AvgIpc) is 3.20. The first-order chi connectivity index (χ1) is 14.2. The first-order valence-corrected chi connectivity index (χ1v) is 11.7. The van der Waals surface area contributed by atoms with Crippen LogP contribution in [0.1, 0.15) is 18.9 Å². The molecule has 1 heterocycles. The molecule has 30 heavy (non-hydrogen) atoms. The summed E-state index contributed by atoms with van der Waals surface area (Å²) >= 11 is 0. The number of hydrogen-bond donors (Lipinski definition) is 2. The summed E-state index contributed by atoms with van der Waals surface area (Å²) in [6, 6.07) is 9.91. The molecule has 0 aliphatic carbocycles. The topological polar surface area (TPSA) is 119 Å². The third-order valence-corrected chi connectivity index (χ3v) is 5.26. The lowest BCUT2D eigenvalue weighted by Gasteiger charge is -2.20. The van der Waals surface area contributed by atoms with Crippen molar-refractivity contribution in [2.24, 2.45) is 5.92 Å². The summed E-state index contributed by atoms with van der Waals surface area (Å²) in [6.07, 6.45) is 3.77. The molecule has 0 radical (unpaired) electrons. The van der Waals surface area contributed by atoms with Crippen LogP contribution >= 0.6 is 0 Å². The second kappa shape index (κ2) is 11.3. The lowest BCUT2D eigenvalue weighted by Crippen LogP contribution is -2.48. The van der Waals surface area contributed by atoms with Crippen LogP contribution < -0.4 is 10.6 Å². The van der Waals surface area contributed by atoms with Crippen molar-refractivity contribution >= 4 is 21.8 Å². The molecule has 2 unspecified atom stereocenters. The number of amides is 2. The Balaban J connectivity index is 1.88. The zero-order valence-electron chi connectivity index (χ0n) is 17.2. The number of rotatable bonds is 11. The van der Waals surface area contributed by atoms with Gasteiger partial charge in [0, 0.05) is 31.7 Å². The number of sulfone groups is 1. The van der Waals surface area contributed by atoms with E-state index in [1.54, 1.807) is 10.9 Å². The van der Waals surface area contributed by atoms with Crippen LogP contribution in [0.25, 0.3) is 0 Å². The Morgan fingerprint density at radius 2 is 1.93 bits per heavy atom. The Morgan fingerprint density at radius 1 is 1.20 bits per heavy atom. The molecule has 1 aromatic carbocycles. The molecule has 2 N–H and O–H groups in total. The Bertz CT molecular complexity index is 901. The van der Waals surface area contributed by atoms with Crippen molar-refractivity contribution in [1.82, 2.24) is 20.4 Å². The molecule has 164 valence electrons. The van der Waals surface area contributed by atoms with Gasteiger partial charge >= 0.3 is 6.09 Å². The van der Waals surface area contributed by atoms with E-state index in [-0.39, 0.29) is 24.7 Å². The standard InChI is InChI=1S/C20H28N4O5S/c1-16(14-24-11-6-10-22-24)13-21-19(25)18(9-12-30(2,27)28)23-20(26)29-15-17-7-4-3-5-8-17/h3-8,10-11,16,18H,9,12-15H2,1-2H3,(H,21,25)(H,23,26). The summed E-state index contributed by atoms with van der Waals surface area (Å²) in [7, 11) is -3.29. The molecular formula is C20H28N4O5S. The fraction of sp³-hybridized carbons (Fsp3) is 0.450. The van der Waals surface area contributed by atoms with E-state index in [0.29, 0.717) is 13.1 Å². The first-order valence-electron chi connectivity index (χ1n) is 9.63. The molecule has 2 rings (SSSR count). The molecule has 0 saturated carbocycles. The second-order valence-electron chi connectivity index (χ2n) is 7.26. The fourth-order valence-electron chi connectivity index (χ4n) is 2.70. The average molecular weight is 437 g/mol. The maximum absolute atomic E-state index is 12.6. The van der Waals surface area contributed by atoms with Gasteiger partial charge in [0.05, 0.1) is 5.75 Å². The fourth-order valence-corrected chi connectivity index (χ4v) is 3.36. The molecule has 0 saturated heterocycles. The van der Waals surface area contributed by atoms with E-state index in [0.717, 1.165) is 11.8 Å². The van der Waals surface area contributed by atoms with Gasteiger partial charge in [0.1, 0.15) is 22.5 Å². The smallest absolute Gasteiger partial charge is 0.408 e. The number of nitrogens with one attached hydrogen (secondary N) is 2. The molecule has 0 bridgehead atoms. The highest BCUT2D eigenvalue weighted by Crippen LogP contribution is 2.04. The van der Waals surface area contributed by atoms with E-state index < -0.39 is 27.9 Å². The Hall–Kier alpha value is -2.88. The number of alkyl carbamates (subject to hydrolysis) is 1. The zero-order chi connectivity index (χ0) is 22.0.